The topological polar surface area (TPSA) is 28.5 Å². The molecule has 5 rings (SSSR count). The predicted molar refractivity (Wildman–Crippen MR) is 124 cm³/mol. The van der Waals surface area contributed by atoms with Gasteiger partial charge in [-0.25, -0.2) is 14.4 Å². The van der Waals surface area contributed by atoms with Crippen LogP contribution in [0.15, 0.2) is 70.5 Å². The van der Waals surface area contributed by atoms with Crippen molar-refractivity contribution in [1.82, 2.24) is 4.98 Å². The number of anilines is 1. The van der Waals surface area contributed by atoms with Crippen LogP contribution < -0.4 is 5.01 Å². The summed E-state index contributed by atoms with van der Waals surface area (Å²) in [5.74, 6) is -0.228. The van der Waals surface area contributed by atoms with Crippen molar-refractivity contribution in [2.75, 3.05) is 5.01 Å². The van der Waals surface area contributed by atoms with Crippen LogP contribution in [-0.4, -0.2) is 10.7 Å². The van der Waals surface area contributed by atoms with Gasteiger partial charge in [0.05, 0.1) is 22.3 Å². The number of rotatable bonds is 4. The Labute approximate surface area is 183 Å². The van der Waals surface area contributed by atoms with Crippen molar-refractivity contribution in [3.8, 4) is 11.3 Å². The SMILES string of the molecule is Cc1ccc(-c2csc(N3N=C(c4cccs4)CC3c3ccc(F)cc3)n2)cc1C. The Morgan fingerprint density at radius 2 is 1.83 bits per heavy atom. The lowest BCUT2D eigenvalue weighted by molar-refractivity contribution is 0.624. The van der Waals surface area contributed by atoms with Crippen LogP contribution in [0.5, 0.6) is 0 Å². The summed E-state index contributed by atoms with van der Waals surface area (Å²) in [6.45, 7) is 4.23. The van der Waals surface area contributed by atoms with Gasteiger partial charge in [0.15, 0.2) is 0 Å². The predicted octanol–water partition coefficient (Wildman–Crippen LogP) is 6.98. The molecule has 1 atom stereocenters. The summed E-state index contributed by atoms with van der Waals surface area (Å²) >= 11 is 3.28. The number of thiophene rings is 1. The van der Waals surface area contributed by atoms with Gasteiger partial charge in [0.1, 0.15) is 5.82 Å². The second kappa shape index (κ2) is 7.78. The Kier molecular flexibility index (Phi) is 4.97. The zero-order valence-corrected chi connectivity index (χ0v) is 18.3. The van der Waals surface area contributed by atoms with Crippen LogP contribution in [0.3, 0.4) is 0 Å². The minimum absolute atomic E-state index is 0.00135. The van der Waals surface area contributed by atoms with Gasteiger partial charge < -0.3 is 0 Å². The molecule has 3 nitrogen and oxygen atoms in total. The van der Waals surface area contributed by atoms with Crippen molar-refractivity contribution in [1.29, 1.82) is 0 Å². The molecule has 30 heavy (non-hydrogen) atoms. The second-order valence-electron chi connectivity index (χ2n) is 7.45. The van der Waals surface area contributed by atoms with Gasteiger partial charge in [0, 0.05) is 17.4 Å². The molecule has 1 unspecified atom stereocenters. The summed E-state index contributed by atoms with van der Waals surface area (Å²) in [6.07, 6.45) is 0.769. The maximum atomic E-state index is 13.5. The Morgan fingerprint density at radius 1 is 1.00 bits per heavy atom. The first-order chi connectivity index (χ1) is 14.6. The molecule has 0 amide bonds. The van der Waals surface area contributed by atoms with Crippen LogP contribution in [0.2, 0.25) is 0 Å². The molecule has 0 aliphatic carbocycles. The summed E-state index contributed by atoms with van der Waals surface area (Å²) in [7, 11) is 0. The fraction of sp³-hybridized carbons (Fsp3) is 0.167. The Morgan fingerprint density at radius 3 is 2.57 bits per heavy atom. The van der Waals surface area contributed by atoms with Gasteiger partial charge in [-0.05, 0) is 60.2 Å². The van der Waals surface area contributed by atoms with Gasteiger partial charge in [-0.3, -0.25) is 0 Å². The molecule has 0 fully saturated rings. The molecular formula is C24H20FN3S2. The van der Waals surface area contributed by atoms with Crippen LogP contribution in [0.25, 0.3) is 11.3 Å². The number of aryl methyl sites for hydroxylation is 2. The van der Waals surface area contributed by atoms with Gasteiger partial charge in [-0.1, -0.05) is 30.3 Å². The molecule has 0 spiro atoms. The van der Waals surface area contributed by atoms with E-state index >= 15 is 0 Å². The highest BCUT2D eigenvalue weighted by Crippen LogP contribution is 2.40. The Balaban J connectivity index is 1.53. The van der Waals surface area contributed by atoms with Crippen LogP contribution in [0, 0.1) is 19.7 Å². The molecule has 0 saturated carbocycles. The molecule has 1 aliphatic heterocycles. The molecule has 2 aromatic heterocycles. The van der Waals surface area contributed by atoms with E-state index in [9.17, 15) is 4.39 Å². The molecular weight excluding hydrogens is 413 g/mol. The lowest BCUT2D eigenvalue weighted by atomic mass is 10.0. The van der Waals surface area contributed by atoms with Crippen molar-refractivity contribution in [3.63, 3.8) is 0 Å². The quantitative estimate of drug-likeness (QED) is 0.347. The lowest BCUT2D eigenvalue weighted by Gasteiger charge is -2.21. The van der Waals surface area contributed by atoms with Crippen LogP contribution in [0.1, 0.15) is 34.0 Å². The summed E-state index contributed by atoms with van der Waals surface area (Å²) in [5, 5.41) is 11.9. The van der Waals surface area contributed by atoms with Crippen molar-refractivity contribution in [2.24, 2.45) is 5.10 Å². The summed E-state index contributed by atoms with van der Waals surface area (Å²) in [4.78, 5) is 6.07. The first-order valence-electron chi connectivity index (χ1n) is 9.78. The van der Waals surface area contributed by atoms with Crippen molar-refractivity contribution >= 4 is 33.5 Å². The molecule has 4 aromatic rings. The largest absolute Gasteiger partial charge is 0.231 e. The summed E-state index contributed by atoms with van der Waals surface area (Å²) < 4.78 is 13.5. The number of aromatic nitrogens is 1. The van der Waals surface area contributed by atoms with Crippen LogP contribution in [-0.2, 0) is 0 Å². The zero-order chi connectivity index (χ0) is 20.7. The van der Waals surface area contributed by atoms with E-state index in [0.29, 0.717) is 0 Å². The maximum absolute atomic E-state index is 13.5. The second-order valence-corrected chi connectivity index (χ2v) is 9.24. The van der Waals surface area contributed by atoms with Crippen LogP contribution >= 0.6 is 22.7 Å². The number of hydrogen-bond donors (Lipinski definition) is 0. The number of hydrogen-bond acceptors (Lipinski definition) is 5. The number of halogens is 1. The molecule has 1 aliphatic rings. The third-order valence-electron chi connectivity index (χ3n) is 5.46. The van der Waals surface area contributed by atoms with Crippen LogP contribution in [0.4, 0.5) is 9.52 Å². The molecule has 6 heteroatoms. The Bertz CT molecular complexity index is 1210. The van der Waals surface area contributed by atoms with E-state index in [1.165, 1.54) is 23.3 Å². The molecule has 150 valence electrons. The van der Waals surface area contributed by atoms with E-state index in [-0.39, 0.29) is 11.9 Å². The zero-order valence-electron chi connectivity index (χ0n) is 16.7. The average Bonchev–Trinajstić information content (AvgIpc) is 3.50. The minimum atomic E-state index is -0.228. The highest BCUT2D eigenvalue weighted by atomic mass is 32.1. The average molecular weight is 434 g/mol. The smallest absolute Gasteiger partial charge is 0.207 e. The van der Waals surface area contributed by atoms with Crippen molar-refractivity contribution in [2.45, 2.75) is 26.3 Å². The highest BCUT2D eigenvalue weighted by Gasteiger charge is 2.32. The van der Waals surface area contributed by atoms with E-state index in [4.69, 9.17) is 10.1 Å². The number of hydrazone groups is 1. The van der Waals surface area contributed by atoms with E-state index in [2.05, 4.69) is 48.9 Å². The standard InChI is InChI=1S/C24H20FN3S2/c1-15-5-6-18(12-16(15)2)21-14-30-24(26-21)28-22(17-7-9-19(25)10-8-17)13-20(27-28)23-4-3-11-29-23/h3-12,14,22H,13H2,1-2H3. The van der Waals surface area contributed by atoms with Crippen molar-refractivity contribution < 1.29 is 4.39 Å². The van der Waals surface area contributed by atoms with Gasteiger partial charge in [0.25, 0.3) is 0 Å². The van der Waals surface area contributed by atoms with E-state index < -0.39 is 0 Å². The van der Waals surface area contributed by atoms with Gasteiger partial charge in [0.2, 0.25) is 5.13 Å². The molecule has 2 aromatic carbocycles. The number of benzene rings is 2. The fourth-order valence-electron chi connectivity index (χ4n) is 3.63. The third kappa shape index (κ3) is 3.57. The molecule has 0 saturated heterocycles. The lowest BCUT2D eigenvalue weighted by Crippen LogP contribution is -2.18. The maximum Gasteiger partial charge on any atom is 0.207 e. The summed E-state index contributed by atoms with van der Waals surface area (Å²) in [6, 6.07) is 17.3. The number of thiazole rings is 1. The monoisotopic (exact) mass is 433 g/mol. The first kappa shape index (κ1) is 19.2. The fourth-order valence-corrected chi connectivity index (χ4v) is 5.18. The third-order valence-corrected chi connectivity index (χ3v) is 7.21. The first-order valence-corrected chi connectivity index (χ1v) is 11.5. The van der Waals surface area contributed by atoms with Gasteiger partial charge in [-0.15, -0.1) is 22.7 Å². The Hall–Kier alpha value is -2.83. The minimum Gasteiger partial charge on any atom is -0.231 e. The van der Waals surface area contributed by atoms with E-state index in [0.717, 1.165) is 39.0 Å². The summed E-state index contributed by atoms with van der Waals surface area (Å²) in [5.41, 5.74) is 6.67. The van der Waals surface area contributed by atoms with Crippen molar-refractivity contribution in [3.05, 3.63) is 92.7 Å². The highest BCUT2D eigenvalue weighted by molar-refractivity contribution is 7.14. The van der Waals surface area contributed by atoms with E-state index in [1.807, 2.05) is 23.2 Å². The van der Waals surface area contributed by atoms with Gasteiger partial charge in [-0.2, -0.15) is 5.10 Å². The molecule has 0 bridgehead atoms. The molecule has 0 N–H and O–H groups in total. The normalized spacial score (nSPS) is 16.2. The van der Waals surface area contributed by atoms with Gasteiger partial charge >= 0.3 is 0 Å². The number of nitrogens with zero attached hydrogens (tertiary/aromatic N) is 3. The molecule has 0 radical (unpaired) electrons. The van der Waals surface area contributed by atoms with E-state index in [1.54, 1.807) is 22.7 Å². The molecule has 3 heterocycles.